The van der Waals surface area contributed by atoms with E-state index in [-0.39, 0.29) is 17.7 Å². The Morgan fingerprint density at radius 3 is 2.44 bits per heavy atom. The van der Waals surface area contributed by atoms with Crippen LogP contribution in [0.5, 0.6) is 0 Å². The first-order valence-corrected chi connectivity index (χ1v) is 5.27. The lowest BCUT2D eigenvalue weighted by Gasteiger charge is -2.06. The van der Waals surface area contributed by atoms with Crippen LogP contribution in [0.3, 0.4) is 0 Å². The van der Waals surface area contributed by atoms with Crippen molar-refractivity contribution in [2.24, 2.45) is 5.73 Å². The molecule has 18 heavy (non-hydrogen) atoms. The number of furan rings is 1. The monoisotopic (exact) mass is 245 g/mol. The van der Waals surface area contributed by atoms with Crippen molar-refractivity contribution < 1.29 is 18.7 Å². The number of hydrogen-bond acceptors (Lipinski definition) is 4. The lowest BCUT2D eigenvalue weighted by atomic mass is 10.1. The normalized spacial score (nSPS) is 10.0. The molecule has 0 unspecified atom stereocenters. The number of ether oxygens (including phenoxy) is 1. The number of carbonyl (C=O) groups excluding carboxylic acids is 2. The second kappa shape index (κ2) is 5.18. The number of esters is 1. The van der Waals surface area contributed by atoms with Crippen LogP contribution in [0.25, 0.3) is 0 Å². The van der Waals surface area contributed by atoms with Gasteiger partial charge in [-0.25, -0.2) is 4.79 Å². The molecule has 0 bridgehead atoms. The van der Waals surface area contributed by atoms with Crippen molar-refractivity contribution >= 4 is 11.9 Å². The van der Waals surface area contributed by atoms with E-state index in [1.165, 1.54) is 18.4 Å². The first-order chi connectivity index (χ1) is 8.68. The summed E-state index contributed by atoms with van der Waals surface area (Å²) in [4.78, 5) is 22.9. The molecule has 0 atom stereocenters. The molecule has 1 aromatic heterocycles. The van der Waals surface area contributed by atoms with Gasteiger partial charge in [-0.2, -0.15) is 0 Å². The van der Waals surface area contributed by atoms with E-state index >= 15 is 0 Å². The number of carbonyl (C=O) groups is 2. The Hall–Kier alpha value is -2.56. The highest BCUT2D eigenvalue weighted by Crippen LogP contribution is 2.11. The number of primary amides is 1. The molecule has 1 aromatic carbocycles. The van der Waals surface area contributed by atoms with E-state index in [9.17, 15) is 9.59 Å². The van der Waals surface area contributed by atoms with Gasteiger partial charge in [0.15, 0.2) is 0 Å². The summed E-state index contributed by atoms with van der Waals surface area (Å²) in [5.41, 5.74) is 5.47. The van der Waals surface area contributed by atoms with Crippen LogP contribution >= 0.6 is 0 Å². The van der Waals surface area contributed by atoms with Crippen molar-refractivity contribution in [3.05, 3.63) is 59.5 Å². The van der Waals surface area contributed by atoms with Gasteiger partial charge in [0, 0.05) is 0 Å². The first kappa shape index (κ1) is 11.9. The molecule has 0 fully saturated rings. The molecule has 0 aliphatic carbocycles. The summed E-state index contributed by atoms with van der Waals surface area (Å²) in [6.07, 6.45) is 1.49. The largest absolute Gasteiger partial charge is 0.466 e. The van der Waals surface area contributed by atoms with E-state index in [4.69, 9.17) is 14.9 Å². The fourth-order valence-corrected chi connectivity index (χ4v) is 1.49. The zero-order valence-corrected chi connectivity index (χ0v) is 9.46. The minimum atomic E-state index is -0.666. The first-order valence-electron chi connectivity index (χ1n) is 5.27. The highest BCUT2D eigenvalue weighted by Gasteiger charge is 2.15. The van der Waals surface area contributed by atoms with Crippen molar-refractivity contribution in [2.45, 2.75) is 6.61 Å². The van der Waals surface area contributed by atoms with Crippen molar-refractivity contribution in [1.29, 1.82) is 0 Å². The van der Waals surface area contributed by atoms with Crippen LogP contribution < -0.4 is 5.73 Å². The fraction of sp³-hybridized carbons (Fsp3) is 0.0769. The number of nitrogens with two attached hydrogens (primary N) is 1. The molecular weight excluding hydrogens is 234 g/mol. The van der Waals surface area contributed by atoms with Gasteiger partial charge in [0.2, 0.25) is 5.91 Å². The third-order valence-electron chi connectivity index (χ3n) is 2.34. The standard InChI is InChI=1S/C13H11NO4/c14-12(15)10-5-1-2-6-11(10)13(16)18-8-9-4-3-7-17-9/h1-7H,8H2,(H2,14,15). The maximum absolute atomic E-state index is 11.8. The molecule has 0 spiro atoms. The van der Waals surface area contributed by atoms with Crippen molar-refractivity contribution in [1.82, 2.24) is 0 Å². The van der Waals surface area contributed by atoms with Crippen molar-refractivity contribution in [3.63, 3.8) is 0 Å². The Balaban J connectivity index is 2.11. The van der Waals surface area contributed by atoms with Gasteiger partial charge in [0.05, 0.1) is 17.4 Å². The third kappa shape index (κ3) is 2.57. The molecule has 0 aliphatic rings. The van der Waals surface area contributed by atoms with Crippen LogP contribution in [0.15, 0.2) is 47.1 Å². The fourth-order valence-electron chi connectivity index (χ4n) is 1.49. The Bertz CT molecular complexity index is 560. The van der Waals surface area contributed by atoms with Crippen LogP contribution in [0.1, 0.15) is 26.5 Å². The predicted octanol–water partition coefficient (Wildman–Crippen LogP) is 1.74. The topological polar surface area (TPSA) is 82.5 Å². The summed E-state index contributed by atoms with van der Waals surface area (Å²) in [7, 11) is 0. The molecule has 92 valence electrons. The highest BCUT2D eigenvalue weighted by molar-refractivity contribution is 6.04. The Kier molecular flexibility index (Phi) is 3.43. The Morgan fingerprint density at radius 1 is 1.11 bits per heavy atom. The van der Waals surface area contributed by atoms with E-state index < -0.39 is 11.9 Å². The van der Waals surface area contributed by atoms with Gasteiger partial charge in [-0.1, -0.05) is 12.1 Å². The molecule has 0 saturated heterocycles. The number of rotatable bonds is 4. The maximum Gasteiger partial charge on any atom is 0.339 e. The molecule has 5 nitrogen and oxygen atoms in total. The smallest absolute Gasteiger partial charge is 0.339 e. The minimum Gasteiger partial charge on any atom is -0.466 e. The predicted molar refractivity (Wildman–Crippen MR) is 62.8 cm³/mol. The van der Waals surface area contributed by atoms with E-state index in [2.05, 4.69) is 0 Å². The average molecular weight is 245 g/mol. The van der Waals surface area contributed by atoms with Crippen molar-refractivity contribution in [2.75, 3.05) is 0 Å². The summed E-state index contributed by atoms with van der Waals surface area (Å²) in [5, 5.41) is 0. The van der Waals surface area contributed by atoms with Crippen LogP contribution in [-0.4, -0.2) is 11.9 Å². The maximum atomic E-state index is 11.8. The van der Waals surface area contributed by atoms with Gasteiger partial charge in [-0.15, -0.1) is 0 Å². The van der Waals surface area contributed by atoms with Gasteiger partial charge in [0.25, 0.3) is 0 Å². The summed E-state index contributed by atoms with van der Waals surface area (Å²) in [6, 6.07) is 9.61. The van der Waals surface area contributed by atoms with Crippen LogP contribution in [0.4, 0.5) is 0 Å². The summed E-state index contributed by atoms with van der Waals surface area (Å²) >= 11 is 0. The molecule has 2 N–H and O–H groups in total. The minimum absolute atomic E-state index is 0.0128. The quantitative estimate of drug-likeness (QED) is 0.831. The van der Waals surface area contributed by atoms with Crippen LogP contribution in [0.2, 0.25) is 0 Å². The molecule has 0 radical (unpaired) electrons. The van der Waals surface area contributed by atoms with E-state index in [0.717, 1.165) is 0 Å². The molecule has 1 amide bonds. The number of hydrogen-bond donors (Lipinski definition) is 1. The van der Waals surface area contributed by atoms with E-state index in [1.807, 2.05) is 0 Å². The van der Waals surface area contributed by atoms with Gasteiger partial charge < -0.3 is 14.9 Å². The highest BCUT2D eigenvalue weighted by atomic mass is 16.5. The molecule has 1 heterocycles. The SMILES string of the molecule is NC(=O)c1ccccc1C(=O)OCc1ccco1. The van der Waals surface area contributed by atoms with Gasteiger partial charge >= 0.3 is 5.97 Å². The van der Waals surface area contributed by atoms with Gasteiger partial charge in [-0.3, -0.25) is 4.79 Å². The average Bonchev–Trinajstić information content (AvgIpc) is 2.89. The second-order valence-corrected chi connectivity index (χ2v) is 3.57. The summed E-state index contributed by atoms with van der Waals surface area (Å²) in [5.74, 6) is -0.749. The van der Waals surface area contributed by atoms with E-state index in [1.54, 1.807) is 24.3 Å². The molecule has 5 heteroatoms. The zero-order valence-electron chi connectivity index (χ0n) is 9.46. The van der Waals surface area contributed by atoms with Crippen LogP contribution in [-0.2, 0) is 11.3 Å². The Morgan fingerprint density at radius 2 is 1.83 bits per heavy atom. The molecule has 2 aromatic rings. The number of benzene rings is 1. The Labute approximate surface area is 103 Å². The molecule has 0 saturated carbocycles. The van der Waals surface area contributed by atoms with Crippen molar-refractivity contribution in [3.8, 4) is 0 Å². The van der Waals surface area contributed by atoms with E-state index in [0.29, 0.717) is 5.76 Å². The molecule has 0 aliphatic heterocycles. The van der Waals surface area contributed by atoms with Gasteiger partial charge in [0.1, 0.15) is 12.4 Å². The molecular formula is C13H11NO4. The summed E-state index contributed by atoms with van der Waals surface area (Å²) < 4.78 is 10.1. The lowest BCUT2D eigenvalue weighted by Crippen LogP contribution is -2.17. The summed E-state index contributed by atoms with van der Waals surface area (Å²) in [6.45, 7) is 0.0128. The molecule has 2 rings (SSSR count). The van der Waals surface area contributed by atoms with Gasteiger partial charge in [-0.05, 0) is 24.3 Å². The third-order valence-corrected chi connectivity index (χ3v) is 2.34. The second-order valence-electron chi connectivity index (χ2n) is 3.57. The van der Waals surface area contributed by atoms with Crippen LogP contribution in [0, 0.1) is 0 Å². The zero-order chi connectivity index (χ0) is 13.0. The number of amides is 1. The lowest BCUT2D eigenvalue weighted by molar-refractivity contribution is 0.0443.